The second-order valence-corrected chi connectivity index (χ2v) is 8.26. The Kier molecular flexibility index (Phi) is 5.21. The molecule has 30 heavy (non-hydrogen) atoms. The van der Waals surface area contributed by atoms with Crippen LogP contribution >= 0.6 is 0 Å². The molecule has 0 spiro atoms. The molecule has 1 saturated heterocycles. The normalized spacial score (nSPS) is 19.0. The van der Waals surface area contributed by atoms with Crippen LogP contribution in [0.3, 0.4) is 0 Å². The number of carbonyl (C=O) groups is 1. The molecular formula is C25H27NO4. The summed E-state index contributed by atoms with van der Waals surface area (Å²) < 4.78 is 16.3. The van der Waals surface area contributed by atoms with Gasteiger partial charge in [-0.25, -0.2) is 4.79 Å². The molecule has 2 aliphatic rings. The molecule has 2 fully saturated rings. The molecule has 1 aromatic heterocycles. The SMILES string of the molecule is COC(=O)c1ccc2c(C3CCCCC3)c(-c3ccccc3OCC3CO3)[nH]c2c1. The molecule has 5 nitrogen and oxygen atoms in total. The first-order chi connectivity index (χ1) is 14.7. The van der Waals surface area contributed by atoms with E-state index in [-0.39, 0.29) is 12.1 Å². The molecule has 1 N–H and O–H groups in total. The molecule has 0 bridgehead atoms. The summed E-state index contributed by atoms with van der Waals surface area (Å²) >= 11 is 0. The predicted molar refractivity (Wildman–Crippen MR) is 116 cm³/mol. The van der Waals surface area contributed by atoms with Crippen LogP contribution in [0.1, 0.15) is 53.9 Å². The van der Waals surface area contributed by atoms with E-state index < -0.39 is 0 Å². The number of nitrogens with one attached hydrogen (secondary N) is 1. The van der Waals surface area contributed by atoms with Crippen molar-refractivity contribution in [1.82, 2.24) is 4.98 Å². The highest BCUT2D eigenvalue weighted by atomic mass is 16.6. The monoisotopic (exact) mass is 405 g/mol. The lowest BCUT2D eigenvalue weighted by atomic mass is 9.81. The van der Waals surface area contributed by atoms with Crippen molar-refractivity contribution in [2.24, 2.45) is 0 Å². The third-order valence-electron chi connectivity index (χ3n) is 6.26. The first kappa shape index (κ1) is 19.2. The number of H-pyrrole nitrogens is 1. The Morgan fingerprint density at radius 1 is 1.13 bits per heavy atom. The third-order valence-corrected chi connectivity index (χ3v) is 6.26. The topological polar surface area (TPSA) is 63.9 Å². The number of methoxy groups -OCH3 is 1. The van der Waals surface area contributed by atoms with Crippen LogP contribution in [0.15, 0.2) is 42.5 Å². The number of benzene rings is 2. The van der Waals surface area contributed by atoms with Crippen molar-refractivity contribution in [3.63, 3.8) is 0 Å². The van der Waals surface area contributed by atoms with Gasteiger partial charge in [0.2, 0.25) is 0 Å². The predicted octanol–water partition coefficient (Wildman–Crippen LogP) is 5.45. The van der Waals surface area contributed by atoms with E-state index >= 15 is 0 Å². The lowest BCUT2D eigenvalue weighted by Gasteiger charge is -2.23. The minimum Gasteiger partial charge on any atom is -0.490 e. The first-order valence-electron chi connectivity index (χ1n) is 10.8. The van der Waals surface area contributed by atoms with Gasteiger partial charge < -0.3 is 19.2 Å². The number of esters is 1. The lowest BCUT2D eigenvalue weighted by Crippen LogP contribution is -2.07. The number of carbonyl (C=O) groups excluding carboxylic acids is 1. The molecule has 3 aromatic rings. The molecule has 1 aliphatic heterocycles. The van der Waals surface area contributed by atoms with Crippen molar-refractivity contribution in [1.29, 1.82) is 0 Å². The zero-order valence-electron chi connectivity index (χ0n) is 17.3. The molecular weight excluding hydrogens is 378 g/mol. The fourth-order valence-corrected chi connectivity index (χ4v) is 4.64. The summed E-state index contributed by atoms with van der Waals surface area (Å²) in [5.74, 6) is 1.05. The van der Waals surface area contributed by atoms with Gasteiger partial charge in [0.05, 0.1) is 25.0 Å². The summed E-state index contributed by atoms with van der Waals surface area (Å²) in [7, 11) is 1.41. The maximum absolute atomic E-state index is 12.1. The number of para-hydroxylation sites is 1. The molecule has 0 radical (unpaired) electrons. The van der Waals surface area contributed by atoms with Gasteiger partial charge in [0.25, 0.3) is 0 Å². The van der Waals surface area contributed by atoms with Gasteiger partial charge in [0, 0.05) is 16.5 Å². The number of aromatic amines is 1. The van der Waals surface area contributed by atoms with Gasteiger partial charge in [-0.15, -0.1) is 0 Å². The van der Waals surface area contributed by atoms with Crippen LogP contribution < -0.4 is 4.74 Å². The van der Waals surface area contributed by atoms with Crippen LogP contribution in [0, 0.1) is 0 Å². The summed E-state index contributed by atoms with van der Waals surface area (Å²) in [5, 5.41) is 1.19. The van der Waals surface area contributed by atoms with Crippen LogP contribution in [0.25, 0.3) is 22.2 Å². The highest BCUT2D eigenvalue weighted by Gasteiger charge is 2.27. The van der Waals surface area contributed by atoms with E-state index in [0.29, 0.717) is 18.1 Å². The molecule has 1 atom stereocenters. The Morgan fingerprint density at radius 2 is 1.93 bits per heavy atom. The van der Waals surface area contributed by atoms with Crippen molar-refractivity contribution in [3.8, 4) is 17.0 Å². The molecule has 1 saturated carbocycles. The van der Waals surface area contributed by atoms with Gasteiger partial charge in [-0.05, 0) is 48.6 Å². The van der Waals surface area contributed by atoms with Crippen molar-refractivity contribution in [2.75, 3.05) is 20.3 Å². The second-order valence-electron chi connectivity index (χ2n) is 8.26. The Balaban J connectivity index is 1.63. The summed E-state index contributed by atoms with van der Waals surface area (Å²) in [6.45, 7) is 1.35. The fourth-order valence-electron chi connectivity index (χ4n) is 4.64. The van der Waals surface area contributed by atoms with Gasteiger partial charge in [0.1, 0.15) is 18.5 Å². The summed E-state index contributed by atoms with van der Waals surface area (Å²) in [4.78, 5) is 15.7. The number of aromatic nitrogens is 1. The van der Waals surface area contributed by atoms with Gasteiger partial charge >= 0.3 is 5.97 Å². The molecule has 156 valence electrons. The van der Waals surface area contributed by atoms with E-state index in [1.165, 1.54) is 50.2 Å². The largest absolute Gasteiger partial charge is 0.490 e. The van der Waals surface area contributed by atoms with E-state index in [0.717, 1.165) is 29.1 Å². The molecule has 5 rings (SSSR count). The molecule has 5 heteroatoms. The van der Waals surface area contributed by atoms with Crippen molar-refractivity contribution in [2.45, 2.75) is 44.1 Å². The average molecular weight is 405 g/mol. The first-order valence-corrected chi connectivity index (χ1v) is 10.8. The van der Waals surface area contributed by atoms with Crippen molar-refractivity contribution in [3.05, 3.63) is 53.6 Å². The van der Waals surface area contributed by atoms with Gasteiger partial charge in [-0.3, -0.25) is 0 Å². The van der Waals surface area contributed by atoms with Crippen LogP contribution in [-0.2, 0) is 9.47 Å². The lowest BCUT2D eigenvalue weighted by molar-refractivity contribution is 0.0601. The molecule has 0 amide bonds. The third kappa shape index (κ3) is 3.70. The highest BCUT2D eigenvalue weighted by molar-refractivity contribution is 5.98. The van der Waals surface area contributed by atoms with E-state index in [1.54, 1.807) is 0 Å². The number of ether oxygens (including phenoxy) is 3. The van der Waals surface area contributed by atoms with E-state index in [2.05, 4.69) is 17.1 Å². The Bertz CT molecular complexity index is 1060. The summed E-state index contributed by atoms with van der Waals surface area (Å²) in [6, 6.07) is 14.0. The second kappa shape index (κ2) is 8.15. The minimum absolute atomic E-state index is 0.209. The number of hydrogen-bond donors (Lipinski definition) is 1. The number of epoxide rings is 1. The number of fused-ring (bicyclic) bond motifs is 1. The maximum atomic E-state index is 12.1. The molecule has 2 heterocycles. The standard InChI is InChI=1S/C25H27NO4/c1-28-25(27)17-11-12-19-21(13-17)26-24(23(19)16-7-3-2-4-8-16)20-9-5-6-10-22(20)30-15-18-14-29-18/h5-6,9-13,16,18,26H,2-4,7-8,14-15H2,1H3. The Labute approximate surface area is 176 Å². The number of rotatable bonds is 6. The molecule has 2 aromatic carbocycles. The molecule has 1 unspecified atom stereocenters. The van der Waals surface area contributed by atoms with E-state index in [9.17, 15) is 4.79 Å². The van der Waals surface area contributed by atoms with Crippen LogP contribution in [0.2, 0.25) is 0 Å². The van der Waals surface area contributed by atoms with Gasteiger partial charge in [-0.1, -0.05) is 37.5 Å². The number of hydrogen-bond acceptors (Lipinski definition) is 4. The highest BCUT2D eigenvalue weighted by Crippen LogP contribution is 2.44. The van der Waals surface area contributed by atoms with E-state index in [4.69, 9.17) is 14.2 Å². The Morgan fingerprint density at radius 3 is 2.70 bits per heavy atom. The van der Waals surface area contributed by atoms with Crippen molar-refractivity contribution >= 4 is 16.9 Å². The summed E-state index contributed by atoms with van der Waals surface area (Å²) in [5.41, 5.74) is 5.04. The van der Waals surface area contributed by atoms with Crippen LogP contribution in [0.4, 0.5) is 0 Å². The van der Waals surface area contributed by atoms with Crippen LogP contribution in [0.5, 0.6) is 5.75 Å². The molecule has 1 aliphatic carbocycles. The van der Waals surface area contributed by atoms with Crippen LogP contribution in [-0.4, -0.2) is 37.4 Å². The smallest absolute Gasteiger partial charge is 0.337 e. The quantitative estimate of drug-likeness (QED) is 0.438. The van der Waals surface area contributed by atoms with Gasteiger partial charge in [-0.2, -0.15) is 0 Å². The summed E-state index contributed by atoms with van der Waals surface area (Å²) in [6.07, 6.45) is 6.42. The Hall–Kier alpha value is -2.79. The van der Waals surface area contributed by atoms with Crippen molar-refractivity contribution < 1.29 is 19.0 Å². The fraction of sp³-hybridized carbons (Fsp3) is 0.400. The maximum Gasteiger partial charge on any atom is 0.337 e. The minimum atomic E-state index is -0.319. The van der Waals surface area contributed by atoms with E-state index in [1.807, 2.05) is 30.3 Å². The zero-order valence-corrected chi connectivity index (χ0v) is 17.3. The zero-order chi connectivity index (χ0) is 20.5. The average Bonchev–Trinajstić information content (AvgIpc) is 3.55. The van der Waals surface area contributed by atoms with Gasteiger partial charge in [0.15, 0.2) is 0 Å².